The minimum atomic E-state index is -1.00. The van der Waals surface area contributed by atoms with E-state index in [-0.39, 0.29) is 17.6 Å². The van der Waals surface area contributed by atoms with Crippen molar-refractivity contribution in [2.45, 2.75) is 32.7 Å². The maximum absolute atomic E-state index is 12.9. The fourth-order valence-corrected chi connectivity index (χ4v) is 4.20. The highest BCUT2D eigenvalue weighted by atomic mass is 16.4. The zero-order chi connectivity index (χ0) is 26.2. The maximum atomic E-state index is 12.9. The number of carbonyl (C=O) groups is 2. The van der Waals surface area contributed by atoms with Crippen molar-refractivity contribution in [2.24, 2.45) is 0 Å². The SMILES string of the molecule is CCC(Cc1ccccc1)Nc1ccc(-c2ccccc2C(=O)O)cc1NC(=O)Nc1ccc(C)cc1. The van der Waals surface area contributed by atoms with Gasteiger partial charge in [-0.2, -0.15) is 0 Å². The first kappa shape index (κ1) is 25.5. The van der Waals surface area contributed by atoms with Gasteiger partial charge in [0.15, 0.2) is 0 Å². The van der Waals surface area contributed by atoms with Crippen LogP contribution in [-0.4, -0.2) is 23.1 Å². The molecule has 1 atom stereocenters. The van der Waals surface area contributed by atoms with Gasteiger partial charge >= 0.3 is 12.0 Å². The molecule has 0 saturated carbocycles. The molecule has 0 saturated heterocycles. The normalized spacial score (nSPS) is 11.4. The molecule has 4 aromatic carbocycles. The average Bonchev–Trinajstić information content (AvgIpc) is 2.91. The lowest BCUT2D eigenvalue weighted by molar-refractivity contribution is 0.0697. The number of carbonyl (C=O) groups excluding carboxylic acids is 1. The predicted octanol–water partition coefficient (Wildman–Crippen LogP) is 7.44. The van der Waals surface area contributed by atoms with E-state index in [9.17, 15) is 14.7 Å². The van der Waals surface area contributed by atoms with E-state index in [0.29, 0.717) is 22.5 Å². The Bertz CT molecular complexity index is 1370. The van der Waals surface area contributed by atoms with Crippen molar-refractivity contribution in [2.75, 3.05) is 16.0 Å². The van der Waals surface area contributed by atoms with E-state index >= 15 is 0 Å². The van der Waals surface area contributed by atoms with Crippen LogP contribution in [0.2, 0.25) is 0 Å². The van der Waals surface area contributed by atoms with Gasteiger partial charge in [0.25, 0.3) is 0 Å². The Morgan fingerprint density at radius 1 is 0.811 bits per heavy atom. The van der Waals surface area contributed by atoms with Crippen LogP contribution in [0, 0.1) is 6.92 Å². The van der Waals surface area contributed by atoms with Crippen LogP contribution in [0.5, 0.6) is 0 Å². The molecule has 6 nitrogen and oxygen atoms in total. The third-order valence-electron chi connectivity index (χ3n) is 6.22. The number of urea groups is 1. The molecule has 2 amide bonds. The summed E-state index contributed by atoms with van der Waals surface area (Å²) in [5.74, 6) is -1.00. The van der Waals surface area contributed by atoms with E-state index in [1.165, 1.54) is 5.56 Å². The first-order valence-corrected chi connectivity index (χ1v) is 12.3. The van der Waals surface area contributed by atoms with E-state index < -0.39 is 5.97 Å². The molecule has 6 heteroatoms. The topological polar surface area (TPSA) is 90.5 Å². The Hall–Kier alpha value is -4.58. The summed E-state index contributed by atoms with van der Waals surface area (Å²) < 4.78 is 0. The number of rotatable bonds is 9. The standard InChI is InChI=1S/C31H31N3O3/c1-3-24(19-22-9-5-4-6-10-22)32-28-18-15-23(26-11-7-8-12-27(26)30(35)36)20-29(28)34-31(37)33-25-16-13-21(2)14-17-25/h4-18,20,24,32H,3,19H2,1-2H3,(H,35,36)(H2,33,34,37). The lowest BCUT2D eigenvalue weighted by Crippen LogP contribution is -2.24. The van der Waals surface area contributed by atoms with Gasteiger partial charge in [0, 0.05) is 11.7 Å². The molecule has 4 aromatic rings. The third kappa shape index (κ3) is 6.76. The van der Waals surface area contributed by atoms with Crippen molar-refractivity contribution >= 4 is 29.1 Å². The third-order valence-corrected chi connectivity index (χ3v) is 6.22. The Balaban J connectivity index is 1.65. The smallest absolute Gasteiger partial charge is 0.336 e. The average molecular weight is 494 g/mol. The van der Waals surface area contributed by atoms with Crippen LogP contribution in [0.25, 0.3) is 11.1 Å². The minimum Gasteiger partial charge on any atom is -0.478 e. The summed E-state index contributed by atoms with van der Waals surface area (Å²) in [5.41, 5.74) is 5.82. The molecule has 0 aliphatic heterocycles. The van der Waals surface area contributed by atoms with Crippen molar-refractivity contribution in [3.05, 3.63) is 114 Å². The summed E-state index contributed by atoms with van der Waals surface area (Å²) in [6.07, 6.45) is 1.71. The first-order valence-electron chi connectivity index (χ1n) is 12.3. The largest absolute Gasteiger partial charge is 0.478 e. The van der Waals surface area contributed by atoms with Crippen molar-refractivity contribution in [1.82, 2.24) is 0 Å². The second-order valence-electron chi connectivity index (χ2n) is 9.00. The number of carboxylic acids is 1. The highest BCUT2D eigenvalue weighted by Crippen LogP contribution is 2.32. The molecular formula is C31H31N3O3. The Morgan fingerprint density at radius 3 is 2.22 bits per heavy atom. The van der Waals surface area contributed by atoms with Crippen molar-refractivity contribution in [3.63, 3.8) is 0 Å². The Labute approximate surface area is 217 Å². The molecule has 1 unspecified atom stereocenters. The van der Waals surface area contributed by atoms with Gasteiger partial charge in [-0.25, -0.2) is 9.59 Å². The van der Waals surface area contributed by atoms with Gasteiger partial charge in [0.05, 0.1) is 16.9 Å². The number of aromatic carboxylic acids is 1. The van der Waals surface area contributed by atoms with Gasteiger partial charge in [0.2, 0.25) is 0 Å². The van der Waals surface area contributed by atoms with E-state index in [4.69, 9.17) is 0 Å². The van der Waals surface area contributed by atoms with Crippen LogP contribution in [0.15, 0.2) is 97.1 Å². The number of carboxylic acid groups (broad SMARTS) is 1. The monoisotopic (exact) mass is 493 g/mol. The number of nitrogens with one attached hydrogen (secondary N) is 3. The zero-order valence-electron chi connectivity index (χ0n) is 21.0. The van der Waals surface area contributed by atoms with Crippen LogP contribution >= 0.6 is 0 Å². The van der Waals surface area contributed by atoms with Crippen LogP contribution in [0.1, 0.15) is 34.8 Å². The highest BCUT2D eigenvalue weighted by Gasteiger charge is 2.16. The zero-order valence-corrected chi connectivity index (χ0v) is 21.0. The van der Waals surface area contributed by atoms with Crippen molar-refractivity contribution in [3.8, 4) is 11.1 Å². The van der Waals surface area contributed by atoms with Crippen molar-refractivity contribution in [1.29, 1.82) is 0 Å². The number of hydrogen-bond donors (Lipinski definition) is 4. The fourth-order valence-electron chi connectivity index (χ4n) is 4.20. The summed E-state index contributed by atoms with van der Waals surface area (Å²) in [4.78, 5) is 24.8. The molecule has 0 heterocycles. The summed E-state index contributed by atoms with van der Waals surface area (Å²) in [6, 6.07) is 30.0. The number of benzene rings is 4. The summed E-state index contributed by atoms with van der Waals surface area (Å²) in [7, 11) is 0. The maximum Gasteiger partial charge on any atom is 0.336 e. The van der Waals surface area contributed by atoms with Gasteiger partial charge in [0.1, 0.15) is 0 Å². The molecule has 0 aliphatic rings. The van der Waals surface area contributed by atoms with Crippen LogP contribution in [-0.2, 0) is 6.42 Å². The van der Waals surface area contributed by atoms with Gasteiger partial charge < -0.3 is 21.1 Å². The van der Waals surface area contributed by atoms with Gasteiger partial charge in [-0.1, -0.05) is 79.2 Å². The lowest BCUT2D eigenvalue weighted by Gasteiger charge is -2.22. The number of amides is 2. The van der Waals surface area contributed by atoms with Crippen LogP contribution in [0.3, 0.4) is 0 Å². The fraction of sp³-hybridized carbons (Fsp3) is 0.161. The van der Waals surface area contributed by atoms with Crippen molar-refractivity contribution < 1.29 is 14.7 Å². The number of hydrogen-bond acceptors (Lipinski definition) is 3. The van der Waals surface area contributed by atoms with Gasteiger partial charge in [-0.05, 0) is 66.8 Å². The molecule has 0 aliphatic carbocycles. The van der Waals surface area contributed by atoms with E-state index in [1.807, 2.05) is 67.6 Å². The molecular weight excluding hydrogens is 462 g/mol. The lowest BCUT2D eigenvalue weighted by atomic mass is 9.98. The molecule has 188 valence electrons. The molecule has 0 radical (unpaired) electrons. The second-order valence-corrected chi connectivity index (χ2v) is 9.00. The summed E-state index contributed by atoms with van der Waals surface area (Å²) in [5, 5.41) is 19.1. The minimum absolute atomic E-state index is 0.139. The molecule has 0 bridgehead atoms. The Morgan fingerprint density at radius 2 is 1.51 bits per heavy atom. The van der Waals surface area contributed by atoms with Gasteiger partial charge in [-0.15, -0.1) is 0 Å². The molecule has 0 fully saturated rings. The van der Waals surface area contributed by atoms with E-state index in [2.05, 4.69) is 35.0 Å². The van der Waals surface area contributed by atoms with Gasteiger partial charge in [-0.3, -0.25) is 0 Å². The molecule has 0 spiro atoms. The number of anilines is 3. The van der Waals surface area contributed by atoms with E-state index in [0.717, 1.165) is 24.1 Å². The quantitative estimate of drug-likeness (QED) is 0.195. The molecule has 0 aromatic heterocycles. The molecule has 37 heavy (non-hydrogen) atoms. The molecule has 4 rings (SSSR count). The summed E-state index contributed by atoms with van der Waals surface area (Å²) >= 11 is 0. The predicted molar refractivity (Wildman–Crippen MR) is 151 cm³/mol. The first-order chi connectivity index (χ1) is 17.9. The highest BCUT2D eigenvalue weighted by molar-refractivity contribution is 6.03. The second kappa shape index (κ2) is 11.9. The number of aryl methyl sites for hydroxylation is 1. The van der Waals surface area contributed by atoms with Crippen LogP contribution < -0.4 is 16.0 Å². The van der Waals surface area contributed by atoms with Crippen LogP contribution in [0.4, 0.5) is 21.9 Å². The molecule has 4 N–H and O–H groups in total. The summed E-state index contributed by atoms with van der Waals surface area (Å²) in [6.45, 7) is 4.11. The van der Waals surface area contributed by atoms with E-state index in [1.54, 1.807) is 24.3 Å². The Kier molecular flexibility index (Phi) is 8.21.